The van der Waals surface area contributed by atoms with Gasteiger partial charge < -0.3 is 13.6 Å². The van der Waals surface area contributed by atoms with Gasteiger partial charge in [-0.05, 0) is 155 Å². The summed E-state index contributed by atoms with van der Waals surface area (Å²) in [4.78, 5) is 0. The lowest BCUT2D eigenvalue weighted by atomic mass is 10.0. The van der Waals surface area contributed by atoms with E-state index in [-0.39, 0.29) is 0 Å². The third-order valence-corrected chi connectivity index (χ3v) is 9.45. The van der Waals surface area contributed by atoms with Crippen molar-refractivity contribution in [2.24, 2.45) is 0 Å². The number of unbranched alkanes of at least 4 members (excludes halogenated alkanes) is 4. The van der Waals surface area contributed by atoms with Gasteiger partial charge >= 0.3 is 8.60 Å². The van der Waals surface area contributed by atoms with Gasteiger partial charge in [-0.15, -0.1) is 0 Å². The molecule has 3 aromatic carbocycles. The topological polar surface area (TPSA) is 27.7 Å². The highest BCUT2D eigenvalue weighted by Gasteiger charge is 2.24. The lowest BCUT2D eigenvalue weighted by molar-refractivity contribution is 0.383. The Morgan fingerprint density at radius 2 is 0.975 bits per heavy atom. The van der Waals surface area contributed by atoms with Gasteiger partial charge in [-0.25, -0.2) is 0 Å². The Hall–Kier alpha value is -1.05. The van der Waals surface area contributed by atoms with E-state index in [1.807, 2.05) is 0 Å². The molecule has 0 aliphatic rings. The fourth-order valence-corrected chi connectivity index (χ4v) is 7.00. The molecule has 1 unspecified atom stereocenters. The Balaban J connectivity index is 1.94. The van der Waals surface area contributed by atoms with Crippen LogP contribution in [0, 0.1) is 7.14 Å². The van der Waals surface area contributed by atoms with Crippen molar-refractivity contribution < 1.29 is 13.6 Å². The second kappa shape index (κ2) is 18.5. The van der Waals surface area contributed by atoms with Gasteiger partial charge in [0.1, 0.15) is 17.2 Å². The molecule has 0 spiro atoms. The zero-order valence-corrected chi connectivity index (χ0v) is 29.8. The van der Waals surface area contributed by atoms with E-state index in [0.29, 0.717) is 0 Å². The summed E-state index contributed by atoms with van der Waals surface area (Å²) in [5.41, 5.74) is 5.17. The fraction of sp³-hybridized carbons (Fsp3) is 0.471. The van der Waals surface area contributed by atoms with Crippen molar-refractivity contribution >= 4 is 53.8 Å². The molecule has 0 fully saturated rings. The molecule has 0 N–H and O–H groups in total. The second-order valence-corrected chi connectivity index (χ2v) is 13.8. The summed E-state index contributed by atoms with van der Waals surface area (Å²) >= 11 is 4.76. The molecule has 1 atom stereocenters. The first-order valence-electron chi connectivity index (χ1n) is 15.0. The van der Waals surface area contributed by atoms with Crippen LogP contribution >= 0.6 is 53.8 Å². The van der Waals surface area contributed by atoms with Gasteiger partial charge in [0.05, 0.1) is 3.57 Å². The molecule has 0 aromatic heterocycles. The summed E-state index contributed by atoms with van der Waals surface area (Å²) in [5, 5.41) is 0. The van der Waals surface area contributed by atoms with E-state index in [1.165, 1.54) is 51.5 Å². The van der Waals surface area contributed by atoms with Gasteiger partial charge in [0.15, 0.2) is 0 Å². The summed E-state index contributed by atoms with van der Waals surface area (Å²) in [7, 11) is -1.73. The molecule has 0 heterocycles. The average Bonchev–Trinajstić information content (AvgIpc) is 2.95. The summed E-state index contributed by atoms with van der Waals surface area (Å²) in [6.07, 6.45) is 13.5. The van der Waals surface area contributed by atoms with Gasteiger partial charge in [0.2, 0.25) is 0 Å². The summed E-state index contributed by atoms with van der Waals surface area (Å²) in [5.74, 6) is 2.53. The molecule has 0 aliphatic heterocycles. The van der Waals surface area contributed by atoms with Crippen LogP contribution in [0.25, 0.3) is 0 Å². The van der Waals surface area contributed by atoms with E-state index >= 15 is 0 Å². The van der Waals surface area contributed by atoms with Crippen molar-refractivity contribution in [3.05, 3.63) is 84.0 Å². The third kappa shape index (κ3) is 11.0. The molecule has 0 amide bonds. The van der Waals surface area contributed by atoms with E-state index in [0.717, 1.165) is 72.2 Å². The van der Waals surface area contributed by atoms with Crippen LogP contribution in [-0.4, -0.2) is 0 Å². The molecule has 0 saturated heterocycles. The zero-order chi connectivity index (χ0) is 28.7. The minimum absolute atomic E-state index is 0.808. The van der Waals surface area contributed by atoms with Crippen LogP contribution < -0.4 is 13.6 Å². The van der Waals surface area contributed by atoms with Gasteiger partial charge in [0, 0.05) is 3.57 Å². The molecule has 0 saturated carbocycles. The van der Waals surface area contributed by atoms with E-state index < -0.39 is 8.60 Å². The van der Waals surface area contributed by atoms with Crippen LogP contribution in [0.1, 0.15) is 101 Å². The molecular formula is C34H45I2O3P. The molecule has 40 heavy (non-hydrogen) atoms. The van der Waals surface area contributed by atoms with Crippen molar-refractivity contribution in [1.82, 2.24) is 0 Å². The second-order valence-electron chi connectivity index (χ2n) is 10.4. The first-order valence-corrected chi connectivity index (χ1v) is 18.2. The van der Waals surface area contributed by atoms with E-state index in [2.05, 4.69) is 127 Å². The van der Waals surface area contributed by atoms with E-state index in [9.17, 15) is 0 Å². The maximum absolute atomic E-state index is 6.67. The molecule has 0 bridgehead atoms. The molecule has 218 valence electrons. The Morgan fingerprint density at radius 3 is 1.52 bits per heavy atom. The van der Waals surface area contributed by atoms with Gasteiger partial charge in [-0.3, -0.25) is 0 Å². The molecule has 0 aliphatic carbocycles. The van der Waals surface area contributed by atoms with E-state index in [4.69, 9.17) is 13.6 Å². The van der Waals surface area contributed by atoms with Gasteiger partial charge in [-0.1, -0.05) is 71.6 Å². The Bertz CT molecular complexity index is 1180. The summed E-state index contributed by atoms with van der Waals surface area (Å²) in [6.45, 7) is 8.94. The summed E-state index contributed by atoms with van der Waals surface area (Å²) in [6, 6.07) is 19.5. The maximum Gasteiger partial charge on any atom is 0.530 e. The Morgan fingerprint density at radius 1 is 0.525 bits per heavy atom. The molecular weight excluding hydrogens is 741 g/mol. The van der Waals surface area contributed by atoms with Crippen molar-refractivity contribution in [2.75, 3.05) is 0 Å². The third-order valence-electron chi connectivity index (χ3n) is 6.90. The SMILES string of the molecule is CCCCc1ccc(OP(Oc2ccc(I)cc2CCCC)Oc2ccc(CCCC)cc2CCCC)c(I)c1. The minimum Gasteiger partial charge on any atom is -0.408 e. The smallest absolute Gasteiger partial charge is 0.408 e. The maximum atomic E-state index is 6.67. The van der Waals surface area contributed by atoms with Gasteiger partial charge in [0.25, 0.3) is 0 Å². The standard InChI is InChI=1S/C34H45I2O3P/c1-5-9-13-26-17-20-32(28(23-26)15-11-7-3)37-40(38-33-22-19-30(35)25-29(33)16-12-8-4)39-34-21-18-27(14-10-6-2)24-31(34)36/h17-25H,5-16H2,1-4H3. The molecule has 3 nitrogen and oxygen atoms in total. The van der Waals surface area contributed by atoms with Crippen molar-refractivity contribution in [2.45, 2.75) is 105 Å². The highest BCUT2D eigenvalue weighted by atomic mass is 127. The molecule has 3 rings (SSSR count). The first-order chi connectivity index (χ1) is 19.5. The molecule has 3 aromatic rings. The van der Waals surface area contributed by atoms with Crippen molar-refractivity contribution in [3.8, 4) is 17.2 Å². The van der Waals surface area contributed by atoms with Gasteiger partial charge in [-0.2, -0.15) is 0 Å². The van der Waals surface area contributed by atoms with E-state index in [1.54, 1.807) is 0 Å². The van der Waals surface area contributed by atoms with Crippen LogP contribution in [0.15, 0.2) is 54.6 Å². The predicted molar refractivity (Wildman–Crippen MR) is 188 cm³/mol. The number of rotatable bonds is 18. The largest absolute Gasteiger partial charge is 0.530 e. The normalized spacial score (nSPS) is 11.8. The van der Waals surface area contributed by atoms with Crippen molar-refractivity contribution in [1.29, 1.82) is 0 Å². The van der Waals surface area contributed by atoms with Crippen LogP contribution in [0.4, 0.5) is 0 Å². The molecule has 0 radical (unpaired) electrons. The Labute approximate surface area is 271 Å². The van der Waals surface area contributed by atoms with Crippen molar-refractivity contribution in [3.63, 3.8) is 0 Å². The number of hydrogen-bond acceptors (Lipinski definition) is 3. The lowest BCUT2D eigenvalue weighted by Gasteiger charge is -2.22. The number of halogens is 2. The molecule has 6 heteroatoms. The highest BCUT2D eigenvalue weighted by Crippen LogP contribution is 2.46. The predicted octanol–water partition coefficient (Wildman–Crippen LogP) is 12.0. The highest BCUT2D eigenvalue weighted by molar-refractivity contribution is 14.1. The Kier molecular flexibility index (Phi) is 15.5. The number of benzene rings is 3. The fourth-order valence-electron chi connectivity index (χ4n) is 4.47. The van der Waals surface area contributed by atoms with Crippen LogP contribution in [0.2, 0.25) is 0 Å². The van der Waals surface area contributed by atoms with Crippen LogP contribution in [0.3, 0.4) is 0 Å². The van der Waals surface area contributed by atoms with Crippen LogP contribution in [0.5, 0.6) is 17.2 Å². The number of aryl methyl sites for hydroxylation is 4. The number of hydrogen-bond donors (Lipinski definition) is 0. The quantitative estimate of drug-likeness (QED) is 0.0949. The lowest BCUT2D eigenvalue weighted by Crippen LogP contribution is -2.06. The monoisotopic (exact) mass is 786 g/mol. The van der Waals surface area contributed by atoms with Crippen LogP contribution in [-0.2, 0) is 25.7 Å². The average molecular weight is 787 g/mol. The zero-order valence-electron chi connectivity index (χ0n) is 24.6. The minimum atomic E-state index is -1.73. The summed E-state index contributed by atoms with van der Waals surface area (Å²) < 4.78 is 22.2. The first kappa shape index (κ1) is 33.5.